The van der Waals surface area contributed by atoms with Gasteiger partial charge in [-0.1, -0.05) is 12.1 Å². The molecule has 4 rings (SSSR count). The van der Waals surface area contributed by atoms with Crippen molar-refractivity contribution < 1.29 is 13.9 Å². The molecule has 1 amide bonds. The van der Waals surface area contributed by atoms with Crippen LogP contribution >= 0.6 is 0 Å². The van der Waals surface area contributed by atoms with Crippen LogP contribution in [0.25, 0.3) is 11.3 Å². The number of aromatic nitrogens is 1. The summed E-state index contributed by atoms with van der Waals surface area (Å²) in [6.45, 7) is 1.70. The summed E-state index contributed by atoms with van der Waals surface area (Å²) in [5.41, 5.74) is 1.88. The van der Waals surface area contributed by atoms with Crippen LogP contribution in [0.4, 0.5) is 15.8 Å². The van der Waals surface area contributed by atoms with Crippen molar-refractivity contribution >= 4 is 17.3 Å². The fraction of sp³-hybridized carbons (Fsp3) is 0.217. The number of pyridine rings is 1. The number of benzene rings is 2. The molecule has 0 bridgehead atoms. The van der Waals surface area contributed by atoms with Crippen LogP contribution in [0.3, 0.4) is 0 Å². The van der Waals surface area contributed by atoms with Gasteiger partial charge in [-0.25, -0.2) is 4.39 Å². The molecule has 0 saturated carbocycles. The van der Waals surface area contributed by atoms with Gasteiger partial charge < -0.3 is 19.9 Å². The maximum Gasteiger partial charge on any atom is 0.261 e. The standard InChI is InChI=1S/C23H22FN3O3/c1-30-17-6-4-5-15(13-17)19-9-8-18(22(28)25-19)23(29)26-20-14-16(24)7-10-21(20)27-11-2-3-12-27/h4-10,13-14H,2-3,11-12H2,1H3,(H,25,28)(H,26,29). The van der Waals surface area contributed by atoms with Gasteiger partial charge in [-0.3, -0.25) is 9.59 Å². The Hall–Kier alpha value is -3.61. The lowest BCUT2D eigenvalue weighted by atomic mass is 10.1. The summed E-state index contributed by atoms with van der Waals surface area (Å²) in [6.07, 6.45) is 2.10. The summed E-state index contributed by atoms with van der Waals surface area (Å²) in [7, 11) is 1.57. The van der Waals surface area contributed by atoms with Crippen molar-refractivity contribution in [3.63, 3.8) is 0 Å². The zero-order valence-corrected chi connectivity index (χ0v) is 16.6. The van der Waals surface area contributed by atoms with Crippen LogP contribution in [0.1, 0.15) is 23.2 Å². The molecule has 30 heavy (non-hydrogen) atoms. The van der Waals surface area contributed by atoms with E-state index in [-0.39, 0.29) is 5.56 Å². The van der Waals surface area contributed by atoms with Crippen molar-refractivity contribution in [3.8, 4) is 17.0 Å². The maximum atomic E-state index is 13.8. The van der Waals surface area contributed by atoms with Crippen LogP contribution in [0.15, 0.2) is 59.4 Å². The first-order valence-electron chi connectivity index (χ1n) is 9.79. The summed E-state index contributed by atoms with van der Waals surface area (Å²) >= 11 is 0. The van der Waals surface area contributed by atoms with Crippen molar-refractivity contribution in [2.75, 3.05) is 30.4 Å². The third-order valence-electron chi connectivity index (χ3n) is 5.19. The van der Waals surface area contributed by atoms with Crippen LogP contribution in [0.5, 0.6) is 5.75 Å². The largest absolute Gasteiger partial charge is 0.497 e. The molecule has 0 radical (unpaired) electrons. The molecule has 2 heterocycles. The molecule has 2 N–H and O–H groups in total. The predicted molar refractivity (Wildman–Crippen MR) is 115 cm³/mol. The monoisotopic (exact) mass is 407 g/mol. The van der Waals surface area contributed by atoms with Gasteiger partial charge in [0.1, 0.15) is 17.1 Å². The molecule has 1 saturated heterocycles. The molecule has 0 unspecified atom stereocenters. The smallest absolute Gasteiger partial charge is 0.261 e. The van der Waals surface area contributed by atoms with E-state index >= 15 is 0 Å². The van der Waals surface area contributed by atoms with Crippen molar-refractivity contribution in [1.29, 1.82) is 0 Å². The number of hydrogen-bond donors (Lipinski definition) is 2. The third kappa shape index (κ3) is 4.05. The highest BCUT2D eigenvalue weighted by Crippen LogP contribution is 2.30. The van der Waals surface area contributed by atoms with Gasteiger partial charge in [-0.05, 0) is 55.3 Å². The first-order valence-corrected chi connectivity index (χ1v) is 9.79. The fourth-order valence-electron chi connectivity index (χ4n) is 3.64. The number of hydrogen-bond acceptors (Lipinski definition) is 4. The second-order valence-corrected chi connectivity index (χ2v) is 7.16. The molecular weight excluding hydrogens is 385 g/mol. The second kappa shape index (κ2) is 8.41. The average molecular weight is 407 g/mol. The number of nitrogens with one attached hydrogen (secondary N) is 2. The Morgan fingerprint density at radius 2 is 1.90 bits per heavy atom. The number of ether oxygens (including phenoxy) is 1. The summed E-state index contributed by atoms with van der Waals surface area (Å²) in [6, 6.07) is 14.7. The Morgan fingerprint density at radius 3 is 2.63 bits per heavy atom. The van der Waals surface area contributed by atoms with Crippen LogP contribution in [0.2, 0.25) is 0 Å². The SMILES string of the molecule is COc1cccc(-c2ccc(C(=O)Nc3cc(F)ccc3N3CCCC3)c(=O)[nH]2)c1. The third-order valence-corrected chi connectivity index (χ3v) is 5.19. The lowest BCUT2D eigenvalue weighted by molar-refractivity contribution is 0.102. The van der Waals surface area contributed by atoms with Crippen molar-refractivity contribution in [3.05, 3.63) is 76.3 Å². The minimum Gasteiger partial charge on any atom is -0.497 e. The Labute approximate surface area is 173 Å². The van der Waals surface area contributed by atoms with Crippen molar-refractivity contribution in [2.45, 2.75) is 12.8 Å². The van der Waals surface area contributed by atoms with Gasteiger partial charge in [0.25, 0.3) is 11.5 Å². The van der Waals surface area contributed by atoms with Crippen molar-refractivity contribution in [1.82, 2.24) is 4.98 Å². The van der Waals surface area contributed by atoms with E-state index in [4.69, 9.17) is 4.74 Å². The number of H-pyrrole nitrogens is 1. The van der Waals surface area contributed by atoms with Crippen LogP contribution in [-0.2, 0) is 0 Å². The van der Waals surface area contributed by atoms with E-state index in [1.54, 1.807) is 31.4 Å². The number of rotatable bonds is 5. The summed E-state index contributed by atoms with van der Waals surface area (Å²) in [5.74, 6) is -0.370. The molecule has 1 fully saturated rings. The first-order chi connectivity index (χ1) is 14.5. The zero-order valence-electron chi connectivity index (χ0n) is 16.6. The van der Waals surface area contributed by atoms with Gasteiger partial charge in [0.15, 0.2) is 0 Å². The highest BCUT2D eigenvalue weighted by molar-refractivity contribution is 6.05. The number of carbonyl (C=O) groups excluding carboxylic acids is 1. The molecular formula is C23H22FN3O3. The quantitative estimate of drug-likeness (QED) is 0.669. The minimum atomic E-state index is -0.584. The molecule has 154 valence electrons. The van der Waals surface area contributed by atoms with E-state index in [9.17, 15) is 14.0 Å². The van der Waals surface area contributed by atoms with Gasteiger partial charge in [0.05, 0.1) is 18.5 Å². The first kappa shape index (κ1) is 19.7. The van der Waals surface area contributed by atoms with Crippen LogP contribution < -0.4 is 20.5 Å². The van der Waals surface area contributed by atoms with Gasteiger partial charge in [0, 0.05) is 24.3 Å². The van der Waals surface area contributed by atoms with E-state index < -0.39 is 17.3 Å². The molecule has 1 aliphatic heterocycles. The topological polar surface area (TPSA) is 74.4 Å². The number of nitrogens with zero attached hydrogens (tertiary/aromatic N) is 1. The molecule has 7 heteroatoms. The van der Waals surface area contributed by atoms with E-state index in [1.165, 1.54) is 18.2 Å². The zero-order chi connectivity index (χ0) is 21.1. The number of halogens is 1. The average Bonchev–Trinajstić information content (AvgIpc) is 3.28. The summed E-state index contributed by atoms with van der Waals surface area (Å²) in [5, 5.41) is 2.70. The molecule has 2 aromatic carbocycles. The van der Waals surface area contributed by atoms with Crippen LogP contribution in [0, 0.1) is 5.82 Å². The molecule has 1 aromatic heterocycles. The molecule has 1 aliphatic rings. The lowest BCUT2D eigenvalue weighted by Crippen LogP contribution is -2.25. The Bertz CT molecular complexity index is 1140. The predicted octanol–water partition coefficient (Wildman–Crippen LogP) is 4.04. The molecule has 3 aromatic rings. The highest BCUT2D eigenvalue weighted by atomic mass is 19.1. The number of methoxy groups -OCH3 is 1. The van der Waals surface area contributed by atoms with Crippen LogP contribution in [-0.4, -0.2) is 31.1 Å². The van der Waals surface area contributed by atoms with Gasteiger partial charge in [-0.15, -0.1) is 0 Å². The van der Waals surface area contributed by atoms with Gasteiger partial charge >= 0.3 is 0 Å². The second-order valence-electron chi connectivity index (χ2n) is 7.16. The Kier molecular flexibility index (Phi) is 5.52. The molecule has 6 nitrogen and oxygen atoms in total. The highest BCUT2D eigenvalue weighted by Gasteiger charge is 2.19. The normalized spacial score (nSPS) is 13.3. The van der Waals surface area contributed by atoms with Crippen molar-refractivity contribution in [2.24, 2.45) is 0 Å². The summed E-state index contributed by atoms with van der Waals surface area (Å²) in [4.78, 5) is 30.2. The van der Waals surface area contributed by atoms with Gasteiger partial charge in [0.2, 0.25) is 0 Å². The van der Waals surface area contributed by atoms with E-state index in [0.717, 1.165) is 37.2 Å². The van der Waals surface area contributed by atoms with Gasteiger partial charge in [-0.2, -0.15) is 0 Å². The number of aromatic amines is 1. The molecule has 0 aliphatic carbocycles. The number of amides is 1. The maximum absolute atomic E-state index is 13.8. The fourth-order valence-corrected chi connectivity index (χ4v) is 3.64. The lowest BCUT2D eigenvalue weighted by Gasteiger charge is -2.21. The number of anilines is 2. The summed E-state index contributed by atoms with van der Waals surface area (Å²) < 4.78 is 19.0. The van der Waals surface area contributed by atoms with E-state index in [1.807, 2.05) is 12.1 Å². The molecule has 0 spiro atoms. The molecule has 0 atom stereocenters. The van der Waals surface area contributed by atoms with E-state index in [2.05, 4.69) is 15.2 Å². The minimum absolute atomic E-state index is 0.0433. The number of carbonyl (C=O) groups is 1. The van der Waals surface area contributed by atoms with E-state index in [0.29, 0.717) is 17.1 Å². The Morgan fingerprint density at radius 1 is 1.10 bits per heavy atom. The Balaban J connectivity index is 1.60.